The molecule has 32 heavy (non-hydrogen) atoms. The molecule has 0 aliphatic rings. The Bertz CT molecular complexity index is 1270. The van der Waals surface area contributed by atoms with Gasteiger partial charge in [0.25, 0.3) is 10.0 Å². The molecule has 2 aromatic carbocycles. The lowest BCUT2D eigenvalue weighted by Gasteiger charge is -2.25. The van der Waals surface area contributed by atoms with Crippen molar-refractivity contribution in [2.75, 3.05) is 18.5 Å². The molecular weight excluding hydrogens is 476 g/mol. The number of ether oxygens (including phenoxy) is 2. The van der Waals surface area contributed by atoms with Crippen LogP contribution >= 0.6 is 11.6 Å². The third-order valence-corrected chi connectivity index (χ3v) is 6.52. The number of benzene rings is 2. The van der Waals surface area contributed by atoms with Gasteiger partial charge in [0, 0.05) is 17.7 Å². The fourth-order valence-electron chi connectivity index (χ4n) is 2.86. The monoisotopic (exact) mass is 490 g/mol. The average Bonchev–Trinajstić information content (AvgIpc) is 2.75. The molecule has 0 aliphatic carbocycles. The first-order chi connectivity index (χ1) is 15.1. The minimum atomic E-state index is -5.09. The van der Waals surface area contributed by atoms with Gasteiger partial charge in [-0.2, -0.15) is 4.39 Å². The van der Waals surface area contributed by atoms with E-state index >= 15 is 0 Å². The van der Waals surface area contributed by atoms with Gasteiger partial charge in [0.1, 0.15) is 34.0 Å². The van der Waals surface area contributed by atoms with E-state index < -0.39 is 55.7 Å². The molecule has 6 nitrogen and oxygen atoms in total. The number of anilines is 1. The molecule has 0 fully saturated rings. The molecule has 1 aromatic heterocycles. The molecule has 1 heterocycles. The zero-order chi connectivity index (χ0) is 23.6. The predicted octanol–water partition coefficient (Wildman–Crippen LogP) is 4.70. The molecule has 0 amide bonds. The van der Waals surface area contributed by atoms with Crippen molar-refractivity contribution >= 4 is 27.4 Å². The fourth-order valence-corrected chi connectivity index (χ4v) is 4.58. The van der Waals surface area contributed by atoms with Crippen molar-refractivity contribution in [3.8, 4) is 11.5 Å². The Morgan fingerprint density at radius 3 is 2.34 bits per heavy atom. The largest absolute Gasteiger partial charge is 0.497 e. The highest BCUT2D eigenvalue weighted by molar-refractivity contribution is 7.92. The van der Waals surface area contributed by atoms with Gasteiger partial charge in [0.05, 0.1) is 20.8 Å². The Morgan fingerprint density at radius 2 is 1.72 bits per heavy atom. The summed E-state index contributed by atoms with van der Waals surface area (Å²) in [6.07, 6.45) is 0. The van der Waals surface area contributed by atoms with E-state index in [0.29, 0.717) is 10.1 Å². The molecule has 0 aliphatic heterocycles. The van der Waals surface area contributed by atoms with Gasteiger partial charge in [-0.25, -0.2) is 30.9 Å². The smallest absolute Gasteiger partial charge is 0.271 e. The molecular formula is C20H15ClF4N2O4S. The van der Waals surface area contributed by atoms with Gasteiger partial charge < -0.3 is 9.47 Å². The predicted molar refractivity (Wildman–Crippen MR) is 108 cm³/mol. The number of sulfonamides is 1. The Balaban J connectivity index is 2.22. The van der Waals surface area contributed by atoms with E-state index in [1.807, 2.05) is 0 Å². The van der Waals surface area contributed by atoms with Crippen molar-refractivity contribution in [2.45, 2.75) is 11.4 Å². The van der Waals surface area contributed by atoms with Gasteiger partial charge in [-0.3, -0.25) is 0 Å². The highest BCUT2D eigenvalue weighted by atomic mass is 35.5. The van der Waals surface area contributed by atoms with E-state index in [1.54, 1.807) is 0 Å². The molecule has 0 saturated heterocycles. The van der Waals surface area contributed by atoms with Gasteiger partial charge in [-0.1, -0.05) is 17.7 Å². The summed E-state index contributed by atoms with van der Waals surface area (Å²) < 4.78 is 93.8. The zero-order valence-corrected chi connectivity index (χ0v) is 18.1. The van der Waals surface area contributed by atoms with Crippen molar-refractivity contribution in [3.63, 3.8) is 0 Å². The first kappa shape index (κ1) is 23.6. The van der Waals surface area contributed by atoms with Gasteiger partial charge in [0.15, 0.2) is 10.7 Å². The maximum atomic E-state index is 14.6. The number of aromatic nitrogens is 1. The maximum absolute atomic E-state index is 14.6. The van der Waals surface area contributed by atoms with Crippen LogP contribution in [0, 0.1) is 23.4 Å². The third-order valence-electron chi connectivity index (χ3n) is 4.38. The minimum absolute atomic E-state index is 0.142. The molecule has 0 bridgehead atoms. The molecule has 3 aromatic rings. The van der Waals surface area contributed by atoms with Crippen molar-refractivity contribution in [3.05, 3.63) is 76.5 Å². The number of pyridine rings is 1. The number of hydrogen-bond donors (Lipinski definition) is 0. The summed E-state index contributed by atoms with van der Waals surface area (Å²) in [5, 5.41) is -1.21. The molecule has 3 rings (SSSR count). The van der Waals surface area contributed by atoms with Crippen LogP contribution in [0.5, 0.6) is 11.5 Å². The highest BCUT2D eigenvalue weighted by Crippen LogP contribution is 2.34. The summed E-state index contributed by atoms with van der Waals surface area (Å²) in [4.78, 5) is 2.00. The van der Waals surface area contributed by atoms with E-state index in [1.165, 1.54) is 32.4 Å². The molecule has 0 unspecified atom stereocenters. The molecule has 0 saturated carbocycles. The van der Waals surface area contributed by atoms with Crippen molar-refractivity contribution in [2.24, 2.45) is 0 Å². The Hall–Kier alpha value is -3.05. The second kappa shape index (κ2) is 9.21. The summed E-state index contributed by atoms with van der Waals surface area (Å²) in [7, 11) is -2.37. The van der Waals surface area contributed by atoms with Crippen LogP contribution in [0.25, 0.3) is 0 Å². The lowest BCUT2D eigenvalue weighted by Crippen LogP contribution is -2.33. The second-order valence-corrected chi connectivity index (χ2v) is 8.48. The fraction of sp³-hybridized carbons (Fsp3) is 0.150. The zero-order valence-electron chi connectivity index (χ0n) is 16.6. The van der Waals surface area contributed by atoms with Gasteiger partial charge in [-0.15, -0.1) is 0 Å². The van der Waals surface area contributed by atoms with Gasteiger partial charge in [0.2, 0.25) is 5.95 Å². The lowest BCUT2D eigenvalue weighted by molar-refractivity contribution is 0.391. The summed E-state index contributed by atoms with van der Waals surface area (Å²) in [5.74, 6) is -5.97. The first-order valence-corrected chi connectivity index (χ1v) is 10.6. The normalized spacial score (nSPS) is 11.3. The Kier molecular flexibility index (Phi) is 6.79. The van der Waals surface area contributed by atoms with Gasteiger partial charge >= 0.3 is 0 Å². The second-order valence-electron chi connectivity index (χ2n) is 6.31. The maximum Gasteiger partial charge on any atom is 0.271 e. The van der Waals surface area contributed by atoms with Crippen molar-refractivity contribution in [1.82, 2.24) is 4.98 Å². The number of methoxy groups -OCH3 is 2. The number of hydrogen-bond acceptors (Lipinski definition) is 5. The summed E-state index contributed by atoms with van der Waals surface area (Å²) in [6, 6.07) is 7.78. The van der Waals surface area contributed by atoms with Crippen molar-refractivity contribution in [1.29, 1.82) is 0 Å². The number of rotatable bonds is 7. The quantitative estimate of drug-likeness (QED) is 0.208. The van der Waals surface area contributed by atoms with Crippen LogP contribution in [0.3, 0.4) is 0 Å². The van der Waals surface area contributed by atoms with Gasteiger partial charge in [-0.05, 0) is 24.3 Å². The lowest BCUT2D eigenvalue weighted by atomic mass is 10.2. The average molecular weight is 491 g/mol. The van der Waals surface area contributed by atoms with Crippen LogP contribution in [0.15, 0.2) is 47.4 Å². The standard InChI is InChI=1S/C20H15ClF4N2O4S/c1-30-12-7-6-11(15(8-12)31-2)10-27(17-5-3-4-16(24)26-17)32(28,29)20-14(23)9-13(22)18(21)19(20)25/h3-9H,10H2,1-2H3. The minimum Gasteiger partial charge on any atom is -0.497 e. The molecule has 0 atom stereocenters. The van der Waals surface area contributed by atoms with Crippen molar-refractivity contribution < 1.29 is 35.5 Å². The SMILES string of the molecule is COc1ccc(CN(c2cccc(F)n2)S(=O)(=O)c2c(F)cc(F)c(Cl)c2F)c(OC)c1. The number of nitrogens with zero attached hydrogens (tertiary/aromatic N) is 2. The van der Waals surface area contributed by atoms with E-state index in [4.69, 9.17) is 21.1 Å². The van der Waals surface area contributed by atoms with E-state index in [-0.39, 0.29) is 17.4 Å². The first-order valence-electron chi connectivity index (χ1n) is 8.79. The molecule has 0 N–H and O–H groups in total. The van der Waals surface area contributed by atoms with Crippen LogP contribution in [0.2, 0.25) is 5.02 Å². The van der Waals surface area contributed by atoms with E-state index in [0.717, 1.165) is 18.2 Å². The van der Waals surface area contributed by atoms with Crippen LogP contribution in [-0.2, 0) is 16.6 Å². The summed E-state index contributed by atoms with van der Waals surface area (Å²) in [5.41, 5.74) is 0.233. The summed E-state index contributed by atoms with van der Waals surface area (Å²) in [6.45, 7) is -0.570. The van der Waals surface area contributed by atoms with Crippen LogP contribution in [-0.4, -0.2) is 27.6 Å². The number of halogens is 5. The Labute approximate surface area is 186 Å². The van der Waals surface area contributed by atoms with E-state index in [2.05, 4.69) is 4.98 Å². The summed E-state index contributed by atoms with van der Waals surface area (Å²) >= 11 is 5.47. The topological polar surface area (TPSA) is 68.7 Å². The highest BCUT2D eigenvalue weighted by Gasteiger charge is 2.35. The van der Waals surface area contributed by atoms with Crippen LogP contribution in [0.4, 0.5) is 23.4 Å². The Morgan fingerprint density at radius 1 is 1.00 bits per heavy atom. The van der Waals surface area contributed by atoms with Crippen LogP contribution in [0.1, 0.15) is 5.56 Å². The van der Waals surface area contributed by atoms with E-state index in [9.17, 15) is 26.0 Å². The molecule has 0 radical (unpaired) electrons. The third kappa shape index (κ3) is 4.44. The van der Waals surface area contributed by atoms with Crippen LogP contribution < -0.4 is 13.8 Å². The molecule has 12 heteroatoms. The molecule has 0 spiro atoms. The molecule has 170 valence electrons.